The smallest absolute Gasteiger partial charge is 0.322 e. The average Bonchev–Trinajstić information content (AvgIpc) is 2.96. The van der Waals surface area contributed by atoms with Gasteiger partial charge >= 0.3 is 5.97 Å². The molecule has 1 aliphatic rings. The number of sulfonamides is 1. The highest BCUT2D eigenvalue weighted by molar-refractivity contribution is 8.00. The lowest BCUT2D eigenvalue weighted by Crippen LogP contribution is -2.41. The van der Waals surface area contributed by atoms with Gasteiger partial charge in [-0.05, 0) is 12.1 Å². The second-order valence-electron chi connectivity index (χ2n) is 4.26. The predicted molar refractivity (Wildman–Crippen MR) is 77.3 cm³/mol. The van der Waals surface area contributed by atoms with Crippen LogP contribution < -0.4 is 9.47 Å². The van der Waals surface area contributed by atoms with Gasteiger partial charge in [-0.1, -0.05) is 0 Å². The maximum absolute atomic E-state index is 12.7. The first-order valence-electron chi connectivity index (χ1n) is 5.96. The van der Waals surface area contributed by atoms with Crippen molar-refractivity contribution in [1.29, 1.82) is 0 Å². The third-order valence-electron chi connectivity index (χ3n) is 3.08. The van der Waals surface area contributed by atoms with Crippen LogP contribution in [-0.4, -0.2) is 55.7 Å². The Morgan fingerprint density at radius 2 is 2.10 bits per heavy atom. The largest absolute Gasteiger partial charge is 0.497 e. The monoisotopic (exact) mass is 333 g/mol. The third-order valence-corrected chi connectivity index (χ3v) is 6.15. The van der Waals surface area contributed by atoms with Crippen molar-refractivity contribution >= 4 is 27.8 Å². The van der Waals surface area contributed by atoms with E-state index in [4.69, 9.17) is 14.6 Å². The van der Waals surface area contributed by atoms with Crippen LogP contribution in [0.1, 0.15) is 0 Å². The SMILES string of the molecule is COc1ccc(S(=O)(=O)N2CSCC2C(=O)O)c(OC)c1. The molecule has 0 radical (unpaired) electrons. The van der Waals surface area contributed by atoms with E-state index >= 15 is 0 Å². The van der Waals surface area contributed by atoms with Crippen LogP contribution in [-0.2, 0) is 14.8 Å². The first kappa shape index (κ1) is 15.9. The zero-order chi connectivity index (χ0) is 15.6. The van der Waals surface area contributed by atoms with Gasteiger partial charge in [0.1, 0.15) is 22.4 Å². The van der Waals surface area contributed by atoms with E-state index in [0.717, 1.165) is 4.31 Å². The van der Waals surface area contributed by atoms with Gasteiger partial charge in [0.15, 0.2) is 0 Å². The fourth-order valence-electron chi connectivity index (χ4n) is 1.97. The van der Waals surface area contributed by atoms with E-state index in [1.165, 1.54) is 44.2 Å². The normalized spacial score (nSPS) is 19.4. The summed E-state index contributed by atoms with van der Waals surface area (Å²) in [5.41, 5.74) is 0. The number of carboxylic acid groups (broad SMARTS) is 1. The van der Waals surface area contributed by atoms with Crippen molar-refractivity contribution in [2.75, 3.05) is 25.8 Å². The van der Waals surface area contributed by atoms with Gasteiger partial charge < -0.3 is 14.6 Å². The van der Waals surface area contributed by atoms with Gasteiger partial charge in [-0.25, -0.2) is 8.42 Å². The van der Waals surface area contributed by atoms with E-state index in [0.29, 0.717) is 5.75 Å². The Hall–Kier alpha value is -1.45. The molecule has 0 aliphatic carbocycles. The number of aliphatic carboxylic acids is 1. The van der Waals surface area contributed by atoms with Crippen LogP contribution in [0, 0.1) is 0 Å². The summed E-state index contributed by atoms with van der Waals surface area (Å²) >= 11 is 1.26. The summed E-state index contributed by atoms with van der Waals surface area (Å²) in [7, 11) is -1.14. The summed E-state index contributed by atoms with van der Waals surface area (Å²) in [4.78, 5) is 11.1. The van der Waals surface area contributed by atoms with E-state index in [-0.39, 0.29) is 22.3 Å². The van der Waals surface area contributed by atoms with Crippen LogP contribution in [0.5, 0.6) is 11.5 Å². The van der Waals surface area contributed by atoms with Crippen molar-refractivity contribution in [3.63, 3.8) is 0 Å². The summed E-state index contributed by atoms with van der Waals surface area (Å²) < 4.78 is 36.4. The Morgan fingerprint density at radius 1 is 1.38 bits per heavy atom. The standard InChI is InChI=1S/C12H15NO6S2/c1-18-8-3-4-11(10(5-8)19-2)21(16,17)13-7-20-6-9(13)12(14)15/h3-5,9H,6-7H2,1-2H3,(H,14,15). The topological polar surface area (TPSA) is 93.1 Å². The van der Waals surface area contributed by atoms with Gasteiger partial charge in [-0.3, -0.25) is 4.79 Å². The minimum atomic E-state index is -3.95. The van der Waals surface area contributed by atoms with Crippen molar-refractivity contribution in [2.24, 2.45) is 0 Å². The summed E-state index contributed by atoms with van der Waals surface area (Å²) in [6, 6.07) is 3.24. The second kappa shape index (κ2) is 6.12. The lowest BCUT2D eigenvalue weighted by molar-refractivity contribution is -0.140. The number of rotatable bonds is 5. The number of hydrogen-bond acceptors (Lipinski definition) is 6. The molecule has 0 bridgehead atoms. The molecule has 1 saturated heterocycles. The van der Waals surface area contributed by atoms with Crippen LogP contribution in [0.15, 0.2) is 23.1 Å². The van der Waals surface area contributed by atoms with E-state index in [1.54, 1.807) is 0 Å². The lowest BCUT2D eigenvalue weighted by Gasteiger charge is -2.21. The van der Waals surface area contributed by atoms with Crippen molar-refractivity contribution in [3.8, 4) is 11.5 Å². The third kappa shape index (κ3) is 2.94. The fourth-order valence-corrected chi connectivity index (χ4v) is 5.25. The quantitative estimate of drug-likeness (QED) is 0.854. The van der Waals surface area contributed by atoms with E-state index < -0.39 is 22.0 Å². The molecular weight excluding hydrogens is 318 g/mol. The number of methoxy groups -OCH3 is 2. The molecule has 1 unspecified atom stereocenters. The minimum Gasteiger partial charge on any atom is -0.497 e. The molecule has 0 amide bonds. The Kier molecular flexibility index (Phi) is 4.64. The summed E-state index contributed by atoms with van der Waals surface area (Å²) in [6.45, 7) is 0. The van der Waals surface area contributed by atoms with Gasteiger partial charge in [-0.2, -0.15) is 4.31 Å². The number of thioether (sulfide) groups is 1. The van der Waals surface area contributed by atoms with E-state index in [1.807, 2.05) is 0 Å². The molecule has 0 aromatic heterocycles. The molecule has 1 N–H and O–H groups in total. The van der Waals surface area contributed by atoms with Crippen LogP contribution >= 0.6 is 11.8 Å². The number of benzene rings is 1. The van der Waals surface area contributed by atoms with Crippen LogP contribution in [0.4, 0.5) is 0 Å². The van der Waals surface area contributed by atoms with E-state index in [2.05, 4.69) is 0 Å². The summed E-state index contributed by atoms with van der Waals surface area (Å²) in [5, 5.41) is 9.13. The Bertz CT molecular complexity index is 645. The van der Waals surface area contributed by atoms with Crippen molar-refractivity contribution in [3.05, 3.63) is 18.2 Å². The van der Waals surface area contributed by atoms with Crippen LogP contribution in [0.3, 0.4) is 0 Å². The molecule has 2 rings (SSSR count). The minimum absolute atomic E-state index is 0.0699. The Labute approximate surface area is 126 Å². The maximum atomic E-state index is 12.7. The van der Waals surface area contributed by atoms with Gasteiger partial charge in [0.2, 0.25) is 10.0 Å². The Morgan fingerprint density at radius 3 is 2.67 bits per heavy atom. The summed E-state index contributed by atoms with van der Waals surface area (Å²) in [6.07, 6.45) is 0. The molecule has 1 heterocycles. The van der Waals surface area contributed by atoms with Gasteiger partial charge in [0, 0.05) is 11.8 Å². The molecule has 1 fully saturated rings. The van der Waals surface area contributed by atoms with Gasteiger partial charge in [0.05, 0.1) is 20.1 Å². The molecule has 1 atom stereocenters. The molecule has 1 aliphatic heterocycles. The zero-order valence-corrected chi connectivity index (χ0v) is 13.1. The number of carbonyl (C=O) groups is 1. The molecule has 7 nitrogen and oxygen atoms in total. The van der Waals surface area contributed by atoms with Crippen molar-refractivity contribution in [2.45, 2.75) is 10.9 Å². The van der Waals surface area contributed by atoms with E-state index in [9.17, 15) is 13.2 Å². The molecule has 0 saturated carbocycles. The molecule has 1 aromatic rings. The first-order chi connectivity index (χ1) is 9.91. The number of hydrogen-bond donors (Lipinski definition) is 1. The van der Waals surface area contributed by atoms with Crippen molar-refractivity contribution < 1.29 is 27.8 Å². The second-order valence-corrected chi connectivity index (χ2v) is 7.12. The first-order valence-corrected chi connectivity index (χ1v) is 8.55. The fraction of sp³-hybridized carbons (Fsp3) is 0.417. The molecular formula is C12H15NO6S2. The Balaban J connectivity index is 2.46. The number of ether oxygens (including phenoxy) is 2. The summed E-state index contributed by atoms with van der Waals surface area (Å²) in [5.74, 6) is -0.246. The zero-order valence-electron chi connectivity index (χ0n) is 11.5. The highest BCUT2D eigenvalue weighted by Gasteiger charge is 2.41. The molecule has 21 heavy (non-hydrogen) atoms. The number of nitrogens with zero attached hydrogens (tertiary/aromatic N) is 1. The molecule has 0 spiro atoms. The molecule has 1 aromatic carbocycles. The number of carboxylic acids is 1. The predicted octanol–water partition coefficient (Wildman–Crippen LogP) is 0.852. The lowest BCUT2D eigenvalue weighted by atomic mass is 10.3. The van der Waals surface area contributed by atoms with Crippen LogP contribution in [0.2, 0.25) is 0 Å². The molecule has 9 heteroatoms. The van der Waals surface area contributed by atoms with Crippen LogP contribution in [0.25, 0.3) is 0 Å². The highest BCUT2D eigenvalue weighted by Crippen LogP contribution is 2.34. The highest BCUT2D eigenvalue weighted by atomic mass is 32.2. The van der Waals surface area contributed by atoms with Gasteiger partial charge in [0.25, 0.3) is 0 Å². The van der Waals surface area contributed by atoms with Gasteiger partial charge in [-0.15, -0.1) is 11.8 Å². The molecule has 116 valence electrons. The maximum Gasteiger partial charge on any atom is 0.322 e. The van der Waals surface area contributed by atoms with Crippen molar-refractivity contribution in [1.82, 2.24) is 4.31 Å². The average molecular weight is 333 g/mol.